The lowest BCUT2D eigenvalue weighted by Crippen LogP contribution is -2.15. The highest BCUT2D eigenvalue weighted by Crippen LogP contribution is 2.34. The molecule has 0 saturated heterocycles. The van der Waals surface area contributed by atoms with E-state index < -0.39 is 11.9 Å². The fourth-order valence-electron chi connectivity index (χ4n) is 1.06. The summed E-state index contributed by atoms with van der Waals surface area (Å²) in [7, 11) is 0. The van der Waals surface area contributed by atoms with Gasteiger partial charge in [-0.15, -0.1) is 0 Å². The molecule has 0 saturated carbocycles. The minimum absolute atomic E-state index is 0.263. The van der Waals surface area contributed by atoms with Crippen molar-refractivity contribution in [3.05, 3.63) is 28.5 Å². The number of halogens is 4. The Morgan fingerprint density at radius 3 is 2.07 bits per heavy atom. The first-order chi connectivity index (χ1) is 6.62. The van der Waals surface area contributed by atoms with Crippen LogP contribution in [0.3, 0.4) is 0 Å². The van der Waals surface area contributed by atoms with E-state index in [4.69, 9.17) is 11.6 Å². The van der Waals surface area contributed by atoms with Crippen LogP contribution < -0.4 is 0 Å². The van der Waals surface area contributed by atoms with Crippen molar-refractivity contribution in [2.75, 3.05) is 0 Å². The Balaban J connectivity index is 3.21. The van der Waals surface area contributed by atoms with Crippen molar-refractivity contribution in [1.82, 2.24) is 4.98 Å². The van der Waals surface area contributed by atoms with Crippen molar-refractivity contribution in [1.29, 1.82) is 0 Å². The molecular weight excluding hydrogens is 227 g/mol. The van der Waals surface area contributed by atoms with E-state index in [1.165, 1.54) is 12.3 Å². The van der Waals surface area contributed by atoms with Crippen LogP contribution in [0.4, 0.5) is 13.2 Å². The molecule has 0 aromatic carbocycles. The summed E-state index contributed by atoms with van der Waals surface area (Å²) in [6.07, 6.45) is -3.28. The summed E-state index contributed by atoms with van der Waals surface area (Å²) in [5, 5.41) is -0.352. The van der Waals surface area contributed by atoms with Crippen LogP contribution in [0.1, 0.15) is 32.0 Å². The quantitative estimate of drug-likeness (QED) is 0.663. The molecule has 1 rings (SSSR count). The van der Waals surface area contributed by atoms with E-state index in [0.29, 0.717) is 5.56 Å². The van der Waals surface area contributed by atoms with E-state index in [1.807, 2.05) is 20.8 Å². The molecule has 0 aliphatic rings. The number of hydrogen-bond donors (Lipinski definition) is 0. The molecule has 0 fully saturated rings. The van der Waals surface area contributed by atoms with E-state index in [9.17, 15) is 13.2 Å². The summed E-state index contributed by atoms with van der Waals surface area (Å²) in [5.41, 5.74) is -0.613. The van der Waals surface area contributed by atoms with Gasteiger partial charge in [-0.25, -0.2) is 0 Å². The predicted molar refractivity (Wildman–Crippen MR) is 52.9 cm³/mol. The van der Waals surface area contributed by atoms with Gasteiger partial charge in [0.05, 0.1) is 5.02 Å². The summed E-state index contributed by atoms with van der Waals surface area (Å²) in [6.45, 7) is 5.65. The zero-order valence-electron chi connectivity index (χ0n) is 8.61. The molecule has 0 radical (unpaired) electrons. The number of pyridine rings is 1. The normalized spacial score (nSPS) is 13.0. The fourth-order valence-corrected chi connectivity index (χ4v) is 1.33. The molecule has 0 aliphatic carbocycles. The number of alkyl halides is 3. The number of rotatable bonds is 0. The second-order valence-electron chi connectivity index (χ2n) is 4.30. The fraction of sp³-hybridized carbons (Fsp3) is 0.500. The lowest BCUT2D eigenvalue weighted by Gasteiger charge is -2.19. The Morgan fingerprint density at radius 1 is 1.20 bits per heavy atom. The zero-order chi connectivity index (χ0) is 11.9. The summed E-state index contributed by atoms with van der Waals surface area (Å²) >= 11 is 5.54. The van der Waals surface area contributed by atoms with E-state index in [1.54, 1.807) is 0 Å². The zero-order valence-corrected chi connectivity index (χ0v) is 9.37. The van der Waals surface area contributed by atoms with Gasteiger partial charge in [-0.05, 0) is 17.0 Å². The summed E-state index contributed by atoms with van der Waals surface area (Å²) in [6, 6.07) is 1.32. The third-order valence-electron chi connectivity index (χ3n) is 1.98. The third kappa shape index (κ3) is 2.84. The summed E-state index contributed by atoms with van der Waals surface area (Å²) in [5.74, 6) is 0. The van der Waals surface area contributed by atoms with E-state index in [-0.39, 0.29) is 10.4 Å². The average Bonchev–Trinajstić information content (AvgIpc) is 1.99. The molecule has 0 unspecified atom stereocenters. The molecule has 1 heterocycles. The van der Waals surface area contributed by atoms with Crippen molar-refractivity contribution in [3.8, 4) is 0 Å². The van der Waals surface area contributed by atoms with Crippen molar-refractivity contribution < 1.29 is 13.2 Å². The van der Waals surface area contributed by atoms with Crippen LogP contribution in [0.2, 0.25) is 5.02 Å². The van der Waals surface area contributed by atoms with Gasteiger partial charge in [0.25, 0.3) is 0 Å². The van der Waals surface area contributed by atoms with Gasteiger partial charge in [0, 0.05) is 6.20 Å². The van der Waals surface area contributed by atoms with Crippen LogP contribution in [-0.4, -0.2) is 4.98 Å². The van der Waals surface area contributed by atoms with Crippen molar-refractivity contribution in [3.63, 3.8) is 0 Å². The molecule has 84 valence electrons. The highest BCUT2D eigenvalue weighted by molar-refractivity contribution is 6.31. The second-order valence-corrected chi connectivity index (χ2v) is 4.71. The number of hydrogen-bond acceptors (Lipinski definition) is 1. The Labute approximate surface area is 91.3 Å². The highest BCUT2D eigenvalue weighted by Gasteiger charge is 2.35. The average molecular weight is 238 g/mol. The molecule has 0 N–H and O–H groups in total. The van der Waals surface area contributed by atoms with E-state index in [2.05, 4.69) is 4.98 Å². The van der Waals surface area contributed by atoms with Crippen LogP contribution in [0.15, 0.2) is 12.3 Å². The first-order valence-electron chi connectivity index (χ1n) is 4.35. The maximum atomic E-state index is 12.3. The molecule has 0 bridgehead atoms. The first-order valence-corrected chi connectivity index (χ1v) is 4.73. The van der Waals surface area contributed by atoms with E-state index in [0.717, 1.165) is 0 Å². The maximum Gasteiger partial charge on any atom is 0.434 e. The minimum Gasteiger partial charge on any atom is -0.250 e. The van der Waals surface area contributed by atoms with Crippen LogP contribution in [0.25, 0.3) is 0 Å². The smallest absolute Gasteiger partial charge is 0.250 e. The van der Waals surface area contributed by atoms with E-state index >= 15 is 0 Å². The molecule has 0 amide bonds. The second kappa shape index (κ2) is 3.67. The molecular formula is C10H11ClF3N. The molecule has 15 heavy (non-hydrogen) atoms. The molecule has 0 spiro atoms. The topological polar surface area (TPSA) is 12.9 Å². The van der Waals surface area contributed by atoms with Crippen molar-refractivity contribution in [2.45, 2.75) is 32.4 Å². The minimum atomic E-state index is -4.49. The number of nitrogens with zero attached hydrogens (tertiary/aromatic N) is 1. The molecule has 0 atom stereocenters. The Bertz CT molecular complexity index is 366. The van der Waals surface area contributed by atoms with Gasteiger partial charge in [-0.2, -0.15) is 13.2 Å². The van der Waals surface area contributed by atoms with Gasteiger partial charge in [-0.3, -0.25) is 4.98 Å². The van der Waals surface area contributed by atoms with Gasteiger partial charge in [0.1, 0.15) is 0 Å². The largest absolute Gasteiger partial charge is 0.434 e. The third-order valence-corrected chi connectivity index (χ3v) is 2.26. The lowest BCUT2D eigenvalue weighted by atomic mass is 9.88. The first kappa shape index (κ1) is 12.3. The predicted octanol–water partition coefficient (Wildman–Crippen LogP) is 4.05. The van der Waals surface area contributed by atoms with Crippen molar-refractivity contribution >= 4 is 11.6 Å². The van der Waals surface area contributed by atoms with Gasteiger partial charge in [0.2, 0.25) is 0 Å². The molecule has 0 aliphatic heterocycles. The Hall–Kier alpha value is -0.770. The number of aromatic nitrogens is 1. The monoisotopic (exact) mass is 237 g/mol. The van der Waals surface area contributed by atoms with Gasteiger partial charge < -0.3 is 0 Å². The molecule has 5 heteroatoms. The van der Waals surface area contributed by atoms with Gasteiger partial charge in [0.15, 0.2) is 5.69 Å². The molecule has 1 aromatic heterocycles. The Kier molecular flexibility index (Phi) is 3.01. The lowest BCUT2D eigenvalue weighted by molar-refractivity contribution is -0.141. The summed E-state index contributed by atoms with van der Waals surface area (Å²) < 4.78 is 37.0. The SMILES string of the molecule is CC(C)(C)c1cnc(C(F)(F)F)c(Cl)c1. The molecule has 1 nitrogen and oxygen atoms in total. The van der Waals surface area contributed by atoms with Crippen LogP contribution in [0.5, 0.6) is 0 Å². The van der Waals surface area contributed by atoms with Crippen LogP contribution >= 0.6 is 11.6 Å². The van der Waals surface area contributed by atoms with Crippen LogP contribution in [0, 0.1) is 0 Å². The van der Waals surface area contributed by atoms with Crippen molar-refractivity contribution in [2.24, 2.45) is 0 Å². The standard InChI is InChI=1S/C10H11ClF3N/c1-9(2,3)6-4-7(11)8(15-5-6)10(12,13)14/h4-5H,1-3H3. The van der Waals surface area contributed by atoms with Gasteiger partial charge >= 0.3 is 6.18 Å². The Morgan fingerprint density at radius 2 is 1.73 bits per heavy atom. The van der Waals surface area contributed by atoms with Gasteiger partial charge in [-0.1, -0.05) is 32.4 Å². The highest BCUT2D eigenvalue weighted by atomic mass is 35.5. The van der Waals surface area contributed by atoms with Crippen LogP contribution in [-0.2, 0) is 11.6 Å². The maximum absolute atomic E-state index is 12.3. The molecule has 1 aromatic rings. The summed E-state index contributed by atoms with van der Waals surface area (Å²) in [4.78, 5) is 3.36.